The lowest BCUT2D eigenvalue weighted by Gasteiger charge is -2.37. The van der Waals surface area contributed by atoms with Gasteiger partial charge in [-0.3, -0.25) is 9.59 Å². The van der Waals surface area contributed by atoms with Crippen molar-refractivity contribution in [2.75, 3.05) is 0 Å². The molecule has 0 aromatic rings. The molecule has 2 aliphatic carbocycles. The van der Waals surface area contributed by atoms with E-state index in [4.69, 9.17) is 20.4 Å². The maximum atomic E-state index is 8.24. The zero-order valence-electron chi connectivity index (χ0n) is 13.2. The first-order chi connectivity index (χ1) is 10.2. The first kappa shape index (κ1) is 19.8. The lowest BCUT2D eigenvalue weighted by Crippen LogP contribution is -2.26. The molecule has 4 heteroatoms. The van der Waals surface area contributed by atoms with Crippen LogP contribution in [-0.4, -0.2) is 12.2 Å². The topological polar surface area (TPSA) is 78.7 Å². The van der Waals surface area contributed by atoms with Crippen LogP contribution in [0.1, 0.15) is 77.6 Å². The quantitative estimate of drug-likeness (QED) is 0.544. The summed E-state index contributed by atoms with van der Waals surface area (Å²) in [6.07, 6.45) is 17.8. The van der Waals surface area contributed by atoms with E-state index in [-0.39, 0.29) is 0 Å². The van der Waals surface area contributed by atoms with E-state index < -0.39 is 0 Å². The first-order valence-electron chi connectivity index (χ1n) is 8.27. The summed E-state index contributed by atoms with van der Waals surface area (Å²) in [6, 6.07) is 0. The average molecular weight is 292 g/mol. The van der Waals surface area contributed by atoms with Crippen LogP contribution in [-0.2, 0) is 9.59 Å². The lowest BCUT2D eigenvalue weighted by molar-refractivity contribution is 0.139. The van der Waals surface area contributed by atoms with Crippen molar-refractivity contribution in [3.63, 3.8) is 0 Å². The van der Waals surface area contributed by atoms with Gasteiger partial charge in [-0.1, -0.05) is 77.6 Å². The third-order valence-electron chi connectivity index (χ3n) is 4.98. The molecule has 21 heavy (non-hydrogen) atoms. The van der Waals surface area contributed by atoms with Crippen molar-refractivity contribution < 1.29 is 9.59 Å². The van der Waals surface area contributed by atoms with Gasteiger partial charge in [0.05, 0.1) is 0 Å². The Labute approximate surface area is 128 Å². The van der Waals surface area contributed by atoms with E-state index in [1.165, 1.54) is 44.9 Å². The highest BCUT2D eigenvalue weighted by molar-refractivity contribution is 5.37. The standard InChI is InChI=1S/C15H28.2CNO/c1-2-15(13-9-5-3-6-10-13)14-11-7-4-8-12-14;2*2-1-3/h13-15H,2-12H2,1H3;;/q;2*-1. The van der Waals surface area contributed by atoms with Crippen LogP contribution in [0.25, 0.3) is 10.8 Å². The van der Waals surface area contributed by atoms with E-state index in [9.17, 15) is 0 Å². The number of hydrogen-bond donors (Lipinski definition) is 0. The van der Waals surface area contributed by atoms with E-state index in [1.54, 1.807) is 25.7 Å². The molecule has 2 saturated carbocycles. The van der Waals surface area contributed by atoms with Crippen LogP contribution in [0.3, 0.4) is 0 Å². The second kappa shape index (κ2) is 13.7. The molecule has 0 bridgehead atoms. The maximum absolute atomic E-state index is 8.24. The molecule has 0 radical (unpaired) electrons. The van der Waals surface area contributed by atoms with Crippen LogP contribution in [0.4, 0.5) is 0 Å². The molecular weight excluding hydrogens is 264 g/mol. The molecular formula is C17H28N2O2-2. The Hall–Kier alpha value is -1.24. The van der Waals surface area contributed by atoms with Gasteiger partial charge in [0.1, 0.15) is 0 Å². The molecule has 0 saturated heterocycles. The number of hydrogen-bond acceptors (Lipinski definition) is 2. The average Bonchev–Trinajstić information content (AvgIpc) is 2.52. The predicted octanol–water partition coefficient (Wildman–Crippen LogP) is 4.96. The normalized spacial score (nSPS) is 19.3. The summed E-state index contributed by atoms with van der Waals surface area (Å²) >= 11 is 0. The van der Waals surface area contributed by atoms with E-state index in [0.29, 0.717) is 12.2 Å². The number of nitrogens with zero attached hydrogens (tertiary/aromatic N) is 2. The fourth-order valence-electron chi connectivity index (χ4n) is 4.18. The molecule has 0 aromatic heterocycles. The minimum atomic E-state index is 0.500. The summed E-state index contributed by atoms with van der Waals surface area (Å²) in [5, 5.41) is 13.5. The third-order valence-corrected chi connectivity index (χ3v) is 4.98. The van der Waals surface area contributed by atoms with Gasteiger partial charge >= 0.3 is 0 Å². The van der Waals surface area contributed by atoms with Crippen LogP contribution in [0.2, 0.25) is 0 Å². The molecule has 2 fully saturated rings. The van der Waals surface area contributed by atoms with Crippen molar-refractivity contribution in [1.82, 2.24) is 0 Å². The van der Waals surface area contributed by atoms with Gasteiger partial charge in [-0.15, -0.1) is 0 Å². The van der Waals surface area contributed by atoms with E-state index in [2.05, 4.69) is 6.92 Å². The predicted molar refractivity (Wildman–Crippen MR) is 85.0 cm³/mol. The minimum absolute atomic E-state index is 0.500. The van der Waals surface area contributed by atoms with E-state index >= 15 is 0 Å². The molecule has 2 rings (SSSR count). The highest BCUT2D eigenvalue weighted by atomic mass is 16.1. The Balaban J connectivity index is 0.000000578. The second-order valence-corrected chi connectivity index (χ2v) is 6.05. The van der Waals surface area contributed by atoms with Crippen LogP contribution in [0.5, 0.6) is 0 Å². The number of carbonyl (C=O) groups excluding carboxylic acids is 2. The van der Waals surface area contributed by atoms with Gasteiger partial charge in [0.25, 0.3) is 0 Å². The van der Waals surface area contributed by atoms with Gasteiger partial charge < -0.3 is 10.8 Å². The molecule has 0 heterocycles. The molecule has 120 valence electrons. The van der Waals surface area contributed by atoms with Gasteiger partial charge in [-0.25, -0.2) is 0 Å². The summed E-state index contributed by atoms with van der Waals surface area (Å²) in [7, 11) is 0. The van der Waals surface area contributed by atoms with Crippen LogP contribution in [0.15, 0.2) is 0 Å². The van der Waals surface area contributed by atoms with Gasteiger partial charge in [0.15, 0.2) is 0 Å². The first-order valence-corrected chi connectivity index (χ1v) is 8.27. The molecule has 0 aromatic carbocycles. The van der Waals surface area contributed by atoms with E-state index in [0.717, 1.165) is 17.8 Å². The highest BCUT2D eigenvalue weighted by Gasteiger charge is 2.29. The smallest absolute Gasteiger partial charge is 0.0159 e. The summed E-state index contributed by atoms with van der Waals surface area (Å²) in [6.45, 7) is 2.44. The van der Waals surface area contributed by atoms with Gasteiger partial charge in [0.2, 0.25) is 0 Å². The van der Waals surface area contributed by atoms with Crippen LogP contribution in [0, 0.1) is 17.8 Å². The SMILES string of the molecule is CCC(C1CCCCC1)C1CCCCC1.[N-]=C=O.[N-]=C=O. The van der Waals surface area contributed by atoms with Gasteiger partial charge in [0, 0.05) is 0 Å². The summed E-state index contributed by atoms with van der Waals surface area (Å²) in [5.74, 6) is 3.30. The van der Waals surface area contributed by atoms with Crippen molar-refractivity contribution in [2.24, 2.45) is 17.8 Å². The van der Waals surface area contributed by atoms with Crippen LogP contribution < -0.4 is 0 Å². The van der Waals surface area contributed by atoms with Crippen molar-refractivity contribution >= 4 is 12.2 Å². The van der Waals surface area contributed by atoms with Crippen LogP contribution >= 0.6 is 0 Å². The summed E-state index contributed by atoms with van der Waals surface area (Å²) in [5.41, 5.74) is 0. The maximum Gasteiger partial charge on any atom is -0.0159 e. The monoisotopic (exact) mass is 292 g/mol. The third kappa shape index (κ3) is 8.60. The zero-order chi connectivity index (χ0) is 15.9. The Kier molecular flexibility index (Phi) is 12.9. The molecule has 0 N–H and O–H groups in total. The molecule has 4 nitrogen and oxygen atoms in total. The molecule has 0 spiro atoms. The fraction of sp³-hybridized carbons (Fsp3) is 0.882. The molecule has 0 amide bonds. The number of isocyanates is 2. The summed E-state index contributed by atoms with van der Waals surface area (Å²) in [4.78, 5) is 16.5. The lowest BCUT2D eigenvalue weighted by atomic mass is 9.69. The molecule has 0 atom stereocenters. The van der Waals surface area contributed by atoms with Crippen molar-refractivity contribution in [3.8, 4) is 0 Å². The van der Waals surface area contributed by atoms with Crippen molar-refractivity contribution in [3.05, 3.63) is 10.8 Å². The molecule has 2 aliphatic rings. The molecule has 0 unspecified atom stereocenters. The van der Waals surface area contributed by atoms with Crippen molar-refractivity contribution in [2.45, 2.75) is 77.6 Å². The Morgan fingerprint density at radius 2 is 1.10 bits per heavy atom. The Morgan fingerprint density at radius 1 is 0.810 bits per heavy atom. The van der Waals surface area contributed by atoms with Crippen molar-refractivity contribution in [1.29, 1.82) is 0 Å². The number of rotatable bonds is 3. The zero-order valence-corrected chi connectivity index (χ0v) is 13.2. The highest BCUT2D eigenvalue weighted by Crippen LogP contribution is 2.41. The largest absolute Gasteiger partial charge is 0.724 e. The second-order valence-electron chi connectivity index (χ2n) is 6.05. The molecule has 0 aliphatic heterocycles. The summed E-state index contributed by atoms with van der Waals surface area (Å²) < 4.78 is 0. The van der Waals surface area contributed by atoms with E-state index in [1.807, 2.05) is 0 Å². The van der Waals surface area contributed by atoms with Gasteiger partial charge in [-0.05, 0) is 29.9 Å². The Bertz CT molecular complexity index is 277. The fourth-order valence-corrected chi connectivity index (χ4v) is 4.18. The van der Waals surface area contributed by atoms with Gasteiger partial charge in [-0.2, -0.15) is 0 Å². The minimum Gasteiger partial charge on any atom is -0.724 e. The Morgan fingerprint density at radius 3 is 1.33 bits per heavy atom.